The van der Waals surface area contributed by atoms with Crippen LogP contribution in [-0.4, -0.2) is 45.4 Å². The fourth-order valence-corrected chi connectivity index (χ4v) is 3.66. The van der Waals surface area contributed by atoms with E-state index < -0.39 is 0 Å². The maximum absolute atomic E-state index is 4.42. The van der Waals surface area contributed by atoms with Crippen molar-refractivity contribution in [2.45, 2.75) is 52.2 Å². The van der Waals surface area contributed by atoms with Crippen molar-refractivity contribution in [3.63, 3.8) is 0 Å². The summed E-state index contributed by atoms with van der Waals surface area (Å²) in [5.41, 5.74) is 2.65. The molecule has 0 bridgehead atoms. The number of aromatic nitrogens is 2. The van der Waals surface area contributed by atoms with Crippen molar-refractivity contribution in [2.75, 3.05) is 19.6 Å². The molecule has 1 aliphatic rings. The van der Waals surface area contributed by atoms with Crippen molar-refractivity contribution in [3.8, 4) is 0 Å². The van der Waals surface area contributed by atoms with E-state index in [0.717, 1.165) is 45.0 Å². The molecular formula is C21H30N4. The second-order valence-corrected chi connectivity index (χ2v) is 6.92. The summed E-state index contributed by atoms with van der Waals surface area (Å²) in [6, 6.07) is 11.5. The van der Waals surface area contributed by atoms with Gasteiger partial charge >= 0.3 is 0 Å². The van der Waals surface area contributed by atoms with Gasteiger partial charge in [0.1, 0.15) is 5.82 Å². The number of hydrogen-bond acceptors (Lipinski definition) is 4. The van der Waals surface area contributed by atoms with E-state index in [9.17, 15) is 0 Å². The Hall–Kier alpha value is -1.78. The first-order valence-electron chi connectivity index (χ1n) is 9.58. The van der Waals surface area contributed by atoms with Crippen LogP contribution < -0.4 is 0 Å². The van der Waals surface area contributed by atoms with Crippen molar-refractivity contribution in [1.82, 2.24) is 19.8 Å². The highest BCUT2D eigenvalue weighted by atomic mass is 15.2. The van der Waals surface area contributed by atoms with Crippen molar-refractivity contribution in [2.24, 2.45) is 0 Å². The highest BCUT2D eigenvalue weighted by molar-refractivity contribution is 5.14. The maximum atomic E-state index is 4.42. The van der Waals surface area contributed by atoms with Crippen LogP contribution in [-0.2, 0) is 19.5 Å². The van der Waals surface area contributed by atoms with E-state index in [2.05, 4.69) is 63.9 Å². The largest absolute Gasteiger partial charge is 0.299 e. The molecule has 0 spiro atoms. The molecule has 1 saturated heterocycles. The van der Waals surface area contributed by atoms with E-state index in [1.807, 2.05) is 12.4 Å². The predicted molar refractivity (Wildman–Crippen MR) is 102 cm³/mol. The monoisotopic (exact) mass is 338 g/mol. The third kappa shape index (κ3) is 5.10. The van der Waals surface area contributed by atoms with Crippen molar-refractivity contribution in [3.05, 3.63) is 59.7 Å². The van der Waals surface area contributed by atoms with Gasteiger partial charge in [-0.05, 0) is 38.0 Å². The molecule has 25 heavy (non-hydrogen) atoms. The minimum absolute atomic E-state index is 0.695. The second-order valence-electron chi connectivity index (χ2n) is 6.92. The molecule has 1 aromatic heterocycles. The molecule has 0 radical (unpaired) electrons. The summed E-state index contributed by atoms with van der Waals surface area (Å²) in [4.78, 5) is 14.0. The molecule has 0 aliphatic carbocycles. The van der Waals surface area contributed by atoms with Crippen LogP contribution in [0.4, 0.5) is 0 Å². The first-order chi connectivity index (χ1) is 12.3. The van der Waals surface area contributed by atoms with E-state index in [4.69, 9.17) is 0 Å². The Balaban J connectivity index is 1.49. The molecule has 134 valence electrons. The average Bonchev–Trinajstić information content (AvgIpc) is 2.68. The van der Waals surface area contributed by atoms with Gasteiger partial charge in [0.05, 0.1) is 0 Å². The molecule has 4 heteroatoms. The van der Waals surface area contributed by atoms with Crippen LogP contribution in [0.1, 0.15) is 43.6 Å². The molecule has 0 N–H and O–H groups in total. The fourth-order valence-electron chi connectivity index (χ4n) is 3.66. The highest BCUT2D eigenvalue weighted by Gasteiger charge is 2.23. The molecule has 1 fully saturated rings. The zero-order valence-corrected chi connectivity index (χ0v) is 15.6. The SMILES string of the molecule is CCc1ncc(CN2CCC(N(CC)Cc3ccccc3)CC2)cn1. The summed E-state index contributed by atoms with van der Waals surface area (Å²) >= 11 is 0. The number of rotatable bonds is 7. The van der Waals surface area contributed by atoms with Crippen LogP contribution in [0.15, 0.2) is 42.7 Å². The fraction of sp³-hybridized carbons (Fsp3) is 0.524. The molecule has 0 saturated carbocycles. The first kappa shape index (κ1) is 18.0. The molecule has 0 unspecified atom stereocenters. The number of aryl methyl sites for hydroxylation is 1. The maximum Gasteiger partial charge on any atom is 0.127 e. The third-order valence-electron chi connectivity index (χ3n) is 5.19. The van der Waals surface area contributed by atoms with E-state index in [1.165, 1.54) is 24.0 Å². The van der Waals surface area contributed by atoms with E-state index in [0.29, 0.717) is 6.04 Å². The normalized spacial score (nSPS) is 16.4. The Morgan fingerprint density at radius 2 is 1.68 bits per heavy atom. The van der Waals surface area contributed by atoms with Gasteiger partial charge in [-0.2, -0.15) is 0 Å². The summed E-state index contributed by atoms with van der Waals surface area (Å²) in [7, 11) is 0. The Morgan fingerprint density at radius 3 is 2.28 bits per heavy atom. The summed E-state index contributed by atoms with van der Waals surface area (Å²) in [6.07, 6.45) is 7.38. The van der Waals surface area contributed by atoms with Crippen LogP contribution in [0.2, 0.25) is 0 Å². The predicted octanol–water partition coefficient (Wildman–Crippen LogP) is 3.53. The quantitative estimate of drug-likeness (QED) is 0.773. The van der Waals surface area contributed by atoms with Crippen molar-refractivity contribution in [1.29, 1.82) is 0 Å². The molecule has 0 atom stereocenters. The lowest BCUT2D eigenvalue weighted by atomic mass is 10.0. The van der Waals surface area contributed by atoms with Crippen molar-refractivity contribution >= 4 is 0 Å². The topological polar surface area (TPSA) is 32.3 Å². The van der Waals surface area contributed by atoms with Gasteiger partial charge in [0.25, 0.3) is 0 Å². The number of likely N-dealkylation sites (tertiary alicyclic amines) is 1. The van der Waals surface area contributed by atoms with Crippen LogP contribution in [0.5, 0.6) is 0 Å². The van der Waals surface area contributed by atoms with Crippen molar-refractivity contribution < 1.29 is 0 Å². The van der Waals surface area contributed by atoms with E-state index in [-0.39, 0.29) is 0 Å². The van der Waals surface area contributed by atoms with Gasteiger partial charge in [-0.3, -0.25) is 9.80 Å². The minimum Gasteiger partial charge on any atom is -0.299 e. The average molecular weight is 338 g/mol. The first-order valence-corrected chi connectivity index (χ1v) is 9.58. The second kappa shape index (κ2) is 9.07. The number of piperidine rings is 1. The number of hydrogen-bond donors (Lipinski definition) is 0. The van der Waals surface area contributed by atoms with E-state index >= 15 is 0 Å². The Bertz CT molecular complexity index is 618. The lowest BCUT2D eigenvalue weighted by Crippen LogP contribution is -2.44. The van der Waals surface area contributed by atoms with Crippen LogP contribution in [0.25, 0.3) is 0 Å². The molecule has 2 aromatic rings. The summed E-state index contributed by atoms with van der Waals surface area (Å²) in [5.74, 6) is 0.932. The van der Waals surface area contributed by atoms with Gasteiger partial charge in [-0.25, -0.2) is 9.97 Å². The molecule has 1 aliphatic heterocycles. The zero-order valence-electron chi connectivity index (χ0n) is 15.6. The van der Waals surface area contributed by atoms with Gasteiger partial charge in [0.15, 0.2) is 0 Å². The van der Waals surface area contributed by atoms with Crippen LogP contribution in [0, 0.1) is 0 Å². The summed E-state index contributed by atoms with van der Waals surface area (Å²) in [6.45, 7) is 9.84. The number of nitrogens with zero attached hydrogens (tertiary/aromatic N) is 4. The molecular weight excluding hydrogens is 308 g/mol. The standard InChI is InChI=1S/C21H30N4/c1-3-21-22-14-19(15-23-21)16-24-12-10-20(11-13-24)25(4-2)17-18-8-6-5-7-9-18/h5-9,14-15,20H,3-4,10-13,16-17H2,1-2H3. The lowest BCUT2D eigenvalue weighted by molar-refractivity contribution is 0.103. The van der Waals surface area contributed by atoms with Crippen LogP contribution >= 0.6 is 0 Å². The van der Waals surface area contributed by atoms with Gasteiger partial charge in [0.2, 0.25) is 0 Å². The zero-order chi connectivity index (χ0) is 17.5. The van der Waals surface area contributed by atoms with Crippen LogP contribution in [0.3, 0.4) is 0 Å². The molecule has 3 rings (SSSR count). The highest BCUT2D eigenvalue weighted by Crippen LogP contribution is 2.20. The van der Waals surface area contributed by atoms with Gasteiger partial charge < -0.3 is 0 Å². The smallest absolute Gasteiger partial charge is 0.127 e. The Labute approximate surface area is 151 Å². The summed E-state index contributed by atoms with van der Waals surface area (Å²) in [5, 5.41) is 0. The Kier molecular flexibility index (Phi) is 6.54. The van der Waals surface area contributed by atoms with Gasteiger partial charge in [-0.1, -0.05) is 44.2 Å². The molecule has 2 heterocycles. The Morgan fingerprint density at radius 1 is 1.00 bits per heavy atom. The minimum atomic E-state index is 0.695. The number of benzene rings is 1. The lowest BCUT2D eigenvalue weighted by Gasteiger charge is -2.38. The third-order valence-corrected chi connectivity index (χ3v) is 5.19. The van der Waals surface area contributed by atoms with Gasteiger partial charge in [-0.15, -0.1) is 0 Å². The summed E-state index contributed by atoms with van der Waals surface area (Å²) < 4.78 is 0. The molecule has 4 nitrogen and oxygen atoms in total. The van der Waals surface area contributed by atoms with Gasteiger partial charge in [0, 0.05) is 43.5 Å². The molecule has 0 amide bonds. The molecule has 1 aromatic carbocycles. The van der Waals surface area contributed by atoms with E-state index in [1.54, 1.807) is 0 Å².